The van der Waals surface area contributed by atoms with Crippen molar-refractivity contribution in [3.8, 4) is 0 Å². The minimum absolute atomic E-state index is 0.164. The number of carboxylic acids is 1. The summed E-state index contributed by atoms with van der Waals surface area (Å²) in [6, 6.07) is 0. The van der Waals surface area contributed by atoms with Gasteiger partial charge in [0.2, 0.25) is 0 Å². The zero-order valence-corrected chi connectivity index (χ0v) is 15.8. The Morgan fingerprint density at radius 2 is 1.64 bits per heavy atom. The van der Waals surface area contributed by atoms with Crippen LogP contribution in [-0.4, -0.2) is 36.0 Å². The highest BCUT2D eigenvalue weighted by Gasteiger charge is 2.30. The summed E-state index contributed by atoms with van der Waals surface area (Å²) in [6.45, 7) is 9.26. The number of carboxylic acid groups (broad SMARTS) is 1. The van der Waals surface area contributed by atoms with Gasteiger partial charge in [0.15, 0.2) is 0 Å². The van der Waals surface area contributed by atoms with Gasteiger partial charge in [-0.1, -0.05) is 13.8 Å². The molecule has 7 heteroatoms. The number of nitrogens with one attached hydrogen (secondary N) is 1. The van der Waals surface area contributed by atoms with Crippen molar-refractivity contribution in [3.05, 3.63) is 0 Å². The van der Waals surface area contributed by atoms with Crippen LogP contribution >= 0.6 is 0 Å². The minimum atomic E-state index is -0.936. The van der Waals surface area contributed by atoms with Crippen molar-refractivity contribution in [1.82, 2.24) is 5.32 Å². The van der Waals surface area contributed by atoms with Crippen LogP contribution in [0.5, 0.6) is 0 Å². The Bertz CT molecular complexity index is 474. The van der Waals surface area contributed by atoms with Crippen LogP contribution in [0.1, 0.15) is 60.3 Å². The number of carbonyl (C=O) groups excluding carboxylic acids is 2. The number of esters is 1. The zero-order valence-electron chi connectivity index (χ0n) is 15.8. The third-order valence-corrected chi connectivity index (χ3v) is 4.33. The maximum Gasteiger partial charge on any atom is 0.410 e. The first kappa shape index (κ1) is 21.3. The summed E-state index contributed by atoms with van der Waals surface area (Å²) in [7, 11) is 0. The molecule has 2 N–H and O–H groups in total. The van der Waals surface area contributed by atoms with Crippen LogP contribution in [0, 0.1) is 23.2 Å². The monoisotopic (exact) mass is 357 g/mol. The van der Waals surface area contributed by atoms with E-state index in [2.05, 4.69) is 5.32 Å². The molecule has 0 spiro atoms. The van der Waals surface area contributed by atoms with Gasteiger partial charge < -0.3 is 19.9 Å². The lowest BCUT2D eigenvalue weighted by Gasteiger charge is -2.27. The molecule has 1 aliphatic rings. The summed E-state index contributed by atoms with van der Waals surface area (Å²) in [5, 5.41) is 11.7. The van der Waals surface area contributed by atoms with Gasteiger partial charge in [-0.25, -0.2) is 4.79 Å². The molecule has 0 bridgehead atoms. The number of ether oxygens (including phenoxy) is 2. The Hall–Kier alpha value is -1.79. The van der Waals surface area contributed by atoms with Gasteiger partial charge in [-0.15, -0.1) is 0 Å². The molecule has 0 saturated heterocycles. The van der Waals surface area contributed by atoms with E-state index < -0.39 is 29.7 Å². The molecule has 25 heavy (non-hydrogen) atoms. The smallest absolute Gasteiger partial charge is 0.410 e. The van der Waals surface area contributed by atoms with Gasteiger partial charge in [-0.3, -0.25) is 9.59 Å². The molecule has 7 nitrogen and oxygen atoms in total. The number of hydrogen-bond donors (Lipinski definition) is 2. The number of rotatable bonds is 6. The zero-order chi connectivity index (χ0) is 19.2. The van der Waals surface area contributed by atoms with Crippen LogP contribution in [0.3, 0.4) is 0 Å². The molecule has 1 rings (SSSR count). The van der Waals surface area contributed by atoms with E-state index in [1.165, 1.54) is 0 Å². The van der Waals surface area contributed by atoms with Gasteiger partial charge in [0.25, 0.3) is 6.29 Å². The second-order valence-electron chi connectivity index (χ2n) is 8.11. The average Bonchev–Trinajstić information content (AvgIpc) is 2.51. The molecule has 0 aliphatic heterocycles. The number of aliphatic carboxylic acids is 1. The van der Waals surface area contributed by atoms with Gasteiger partial charge in [0.1, 0.15) is 0 Å². The summed E-state index contributed by atoms with van der Waals surface area (Å²) < 4.78 is 10.5. The Morgan fingerprint density at radius 3 is 2.08 bits per heavy atom. The largest absolute Gasteiger partial charge is 0.481 e. The van der Waals surface area contributed by atoms with E-state index in [4.69, 9.17) is 14.6 Å². The standard InChI is InChI=1S/C18H31NO6/c1-11(2)15(24-16(22)18(3,4)5)25-17(23)19-10-12-6-8-13(9-7-12)14(20)21/h11-13,15H,6-10H2,1-5H3,(H,19,23)(H,20,21)/t12-,13-,15?. The summed E-state index contributed by atoms with van der Waals surface area (Å²) in [5.74, 6) is -1.36. The molecule has 1 amide bonds. The van der Waals surface area contributed by atoms with Gasteiger partial charge in [-0.05, 0) is 52.4 Å². The lowest BCUT2D eigenvalue weighted by atomic mass is 9.82. The highest BCUT2D eigenvalue weighted by Crippen LogP contribution is 2.28. The molecule has 0 aromatic heterocycles. The molecule has 1 saturated carbocycles. The maximum atomic E-state index is 12.0. The Kier molecular flexibility index (Phi) is 7.70. The Balaban J connectivity index is 2.41. The number of alkyl carbamates (subject to hydrolysis) is 1. The summed E-state index contributed by atoms with van der Waals surface area (Å²) >= 11 is 0. The number of amides is 1. The maximum absolute atomic E-state index is 12.0. The lowest BCUT2D eigenvalue weighted by molar-refractivity contribution is -0.184. The second kappa shape index (κ2) is 9.06. The van der Waals surface area contributed by atoms with Gasteiger partial charge in [0, 0.05) is 12.5 Å². The quantitative estimate of drug-likeness (QED) is 0.559. The molecule has 1 unspecified atom stereocenters. The van der Waals surface area contributed by atoms with Crippen molar-refractivity contribution < 1.29 is 29.0 Å². The van der Waals surface area contributed by atoms with Crippen LogP contribution in [0.2, 0.25) is 0 Å². The van der Waals surface area contributed by atoms with Crippen LogP contribution < -0.4 is 5.32 Å². The van der Waals surface area contributed by atoms with Crippen molar-refractivity contribution in [2.24, 2.45) is 23.2 Å². The first-order chi connectivity index (χ1) is 11.5. The molecule has 1 fully saturated rings. The third-order valence-electron chi connectivity index (χ3n) is 4.33. The highest BCUT2D eigenvalue weighted by molar-refractivity contribution is 5.75. The van der Waals surface area contributed by atoms with Crippen LogP contribution in [0.15, 0.2) is 0 Å². The van der Waals surface area contributed by atoms with E-state index in [0.29, 0.717) is 19.4 Å². The predicted octanol–water partition coefficient (Wildman–Crippen LogP) is 3.18. The first-order valence-electron chi connectivity index (χ1n) is 8.89. The summed E-state index contributed by atoms with van der Waals surface area (Å²) in [6.07, 6.45) is 1.24. The van der Waals surface area contributed by atoms with Crippen LogP contribution in [0.25, 0.3) is 0 Å². The lowest BCUT2D eigenvalue weighted by Crippen LogP contribution is -2.39. The van der Waals surface area contributed by atoms with Crippen molar-refractivity contribution in [2.45, 2.75) is 66.6 Å². The summed E-state index contributed by atoms with van der Waals surface area (Å²) in [5.41, 5.74) is -0.671. The molecular formula is C18H31NO6. The van der Waals surface area contributed by atoms with E-state index in [9.17, 15) is 14.4 Å². The van der Waals surface area contributed by atoms with Gasteiger partial charge >= 0.3 is 18.0 Å². The molecular weight excluding hydrogens is 326 g/mol. The average molecular weight is 357 g/mol. The fourth-order valence-corrected chi connectivity index (χ4v) is 2.57. The minimum Gasteiger partial charge on any atom is -0.481 e. The fraction of sp³-hybridized carbons (Fsp3) is 0.833. The Labute approximate surface area is 149 Å². The number of hydrogen-bond acceptors (Lipinski definition) is 5. The van der Waals surface area contributed by atoms with E-state index in [1.54, 1.807) is 34.6 Å². The van der Waals surface area contributed by atoms with E-state index in [-0.39, 0.29) is 17.8 Å². The molecule has 0 heterocycles. The normalized spacial score (nSPS) is 22.2. The topological polar surface area (TPSA) is 102 Å². The molecule has 0 aromatic carbocycles. The van der Waals surface area contributed by atoms with Gasteiger partial charge in [0.05, 0.1) is 11.3 Å². The fourth-order valence-electron chi connectivity index (χ4n) is 2.57. The van der Waals surface area contributed by atoms with Crippen molar-refractivity contribution in [1.29, 1.82) is 0 Å². The van der Waals surface area contributed by atoms with Gasteiger partial charge in [-0.2, -0.15) is 0 Å². The molecule has 0 radical (unpaired) electrons. The molecule has 0 aromatic rings. The summed E-state index contributed by atoms with van der Waals surface area (Å²) in [4.78, 5) is 34.9. The SMILES string of the molecule is CC(C)C(OC(=O)NC[C@H]1CC[C@H](C(=O)O)CC1)OC(=O)C(C)(C)C. The molecule has 1 atom stereocenters. The third kappa shape index (κ3) is 7.32. The van der Waals surface area contributed by atoms with E-state index >= 15 is 0 Å². The highest BCUT2D eigenvalue weighted by atomic mass is 16.7. The Morgan fingerprint density at radius 1 is 1.08 bits per heavy atom. The molecule has 1 aliphatic carbocycles. The first-order valence-corrected chi connectivity index (χ1v) is 8.89. The molecule has 144 valence electrons. The van der Waals surface area contributed by atoms with Crippen LogP contribution in [-0.2, 0) is 19.1 Å². The van der Waals surface area contributed by atoms with E-state index in [1.807, 2.05) is 0 Å². The van der Waals surface area contributed by atoms with Crippen molar-refractivity contribution >= 4 is 18.0 Å². The van der Waals surface area contributed by atoms with Crippen molar-refractivity contribution in [2.75, 3.05) is 6.54 Å². The van der Waals surface area contributed by atoms with E-state index in [0.717, 1.165) is 12.8 Å². The van der Waals surface area contributed by atoms with Crippen LogP contribution in [0.4, 0.5) is 4.79 Å². The second-order valence-corrected chi connectivity index (χ2v) is 8.11. The number of carbonyl (C=O) groups is 3. The predicted molar refractivity (Wildman–Crippen MR) is 91.7 cm³/mol. The van der Waals surface area contributed by atoms with Crippen molar-refractivity contribution in [3.63, 3.8) is 0 Å².